The summed E-state index contributed by atoms with van der Waals surface area (Å²) in [6, 6.07) is 15.4. The van der Waals surface area contributed by atoms with Gasteiger partial charge in [0, 0.05) is 5.56 Å². The minimum atomic E-state index is -0.968. The van der Waals surface area contributed by atoms with Crippen molar-refractivity contribution in [2.24, 2.45) is 0 Å². The first-order valence-electron chi connectivity index (χ1n) is 7.90. The number of benzene rings is 2. The van der Waals surface area contributed by atoms with E-state index in [0.717, 1.165) is 12.0 Å². The van der Waals surface area contributed by atoms with Crippen molar-refractivity contribution in [3.63, 3.8) is 0 Å². The second-order valence-corrected chi connectivity index (χ2v) is 5.41. The molecule has 0 spiro atoms. The maximum atomic E-state index is 12.5. The Hall–Kier alpha value is -2.82. The summed E-state index contributed by atoms with van der Waals surface area (Å²) in [4.78, 5) is 23.6. The van der Waals surface area contributed by atoms with Crippen LogP contribution in [-0.2, 0) is 4.79 Å². The Kier molecular flexibility index (Phi) is 6.37. The molecule has 5 nitrogen and oxygen atoms in total. The molecule has 0 saturated heterocycles. The third-order valence-electron chi connectivity index (χ3n) is 3.46. The van der Waals surface area contributed by atoms with Crippen LogP contribution in [0.3, 0.4) is 0 Å². The Balaban J connectivity index is 2.14. The number of nitrogens with one attached hydrogen (secondary N) is 1. The van der Waals surface area contributed by atoms with Gasteiger partial charge in [0.15, 0.2) is 0 Å². The van der Waals surface area contributed by atoms with Gasteiger partial charge >= 0.3 is 5.97 Å². The van der Waals surface area contributed by atoms with Crippen LogP contribution in [0.15, 0.2) is 54.6 Å². The molecule has 0 aromatic heterocycles. The number of aliphatic carboxylic acids is 1. The van der Waals surface area contributed by atoms with E-state index in [1.54, 1.807) is 36.4 Å². The molecule has 1 unspecified atom stereocenters. The molecule has 1 atom stereocenters. The average Bonchev–Trinajstić information content (AvgIpc) is 2.60. The molecular weight excluding hydrogens is 306 g/mol. The summed E-state index contributed by atoms with van der Waals surface area (Å²) in [5, 5.41) is 11.9. The minimum absolute atomic E-state index is 0.179. The molecule has 24 heavy (non-hydrogen) atoms. The zero-order chi connectivity index (χ0) is 17.4. The van der Waals surface area contributed by atoms with Crippen molar-refractivity contribution < 1.29 is 19.4 Å². The summed E-state index contributed by atoms with van der Waals surface area (Å²) in [7, 11) is 0. The van der Waals surface area contributed by atoms with Crippen molar-refractivity contribution in [3.8, 4) is 5.75 Å². The molecular formula is C19H21NO4. The Morgan fingerprint density at radius 2 is 1.88 bits per heavy atom. The summed E-state index contributed by atoms with van der Waals surface area (Å²) in [6.07, 6.45) is 0.701. The van der Waals surface area contributed by atoms with Gasteiger partial charge in [-0.15, -0.1) is 0 Å². The molecule has 2 rings (SSSR count). The van der Waals surface area contributed by atoms with Crippen LogP contribution in [0.5, 0.6) is 5.75 Å². The zero-order valence-electron chi connectivity index (χ0n) is 13.6. The first-order valence-corrected chi connectivity index (χ1v) is 7.90. The van der Waals surface area contributed by atoms with Crippen LogP contribution in [0.4, 0.5) is 0 Å². The van der Waals surface area contributed by atoms with Crippen LogP contribution >= 0.6 is 0 Å². The van der Waals surface area contributed by atoms with Gasteiger partial charge in [-0.1, -0.05) is 43.3 Å². The highest BCUT2D eigenvalue weighted by atomic mass is 16.5. The van der Waals surface area contributed by atoms with Gasteiger partial charge < -0.3 is 15.2 Å². The first-order chi connectivity index (χ1) is 11.6. The molecule has 0 aliphatic rings. The molecule has 2 aromatic rings. The van der Waals surface area contributed by atoms with Gasteiger partial charge in [-0.3, -0.25) is 9.59 Å². The standard InChI is InChI=1S/C19H21NO4/c1-2-11-24-16-10-6-9-15(12-16)19(23)20-17(13-18(21)22)14-7-4-3-5-8-14/h3-10,12,17H,2,11,13H2,1H3,(H,20,23)(H,21,22). The fourth-order valence-corrected chi connectivity index (χ4v) is 2.30. The highest BCUT2D eigenvalue weighted by Crippen LogP contribution is 2.19. The molecule has 0 aliphatic carbocycles. The molecule has 0 fully saturated rings. The molecule has 2 N–H and O–H groups in total. The molecule has 0 saturated carbocycles. The van der Waals surface area contributed by atoms with E-state index in [1.807, 2.05) is 25.1 Å². The molecule has 0 aliphatic heterocycles. The van der Waals surface area contributed by atoms with Gasteiger partial charge in [0.1, 0.15) is 5.75 Å². The van der Waals surface area contributed by atoms with Crippen LogP contribution in [0.25, 0.3) is 0 Å². The van der Waals surface area contributed by atoms with Crippen LogP contribution in [0.1, 0.15) is 41.7 Å². The lowest BCUT2D eigenvalue weighted by atomic mass is 10.0. The second kappa shape index (κ2) is 8.72. The number of amides is 1. The van der Waals surface area contributed by atoms with Gasteiger partial charge in [-0.05, 0) is 30.2 Å². The van der Waals surface area contributed by atoms with Crippen molar-refractivity contribution >= 4 is 11.9 Å². The average molecular weight is 327 g/mol. The maximum absolute atomic E-state index is 12.5. The number of carboxylic acid groups (broad SMARTS) is 1. The van der Waals surface area contributed by atoms with E-state index < -0.39 is 12.0 Å². The van der Waals surface area contributed by atoms with Crippen molar-refractivity contribution in [2.45, 2.75) is 25.8 Å². The van der Waals surface area contributed by atoms with E-state index in [1.165, 1.54) is 0 Å². The fraction of sp³-hybridized carbons (Fsp3) is 0.263. The predicted molar refractivity (Wildman–Crippen MR) is 91.1 cm³/mol. The third-order valence-corrected chi connectivity index (χ3v) is 3.46. The number of rotatable bonds is 8. The van der Waals surface area contributed by atoms with Gasteiger partial charge in [0.2, 0.25) is 0 Å². The van der Waals surface area contributed by atoms with Crippen molar-refractivity contribution in [3.05, 3.63) is 65.7 Å². The number of carbonyl (C=O) groups is 2. The van der Waals surface area contributed by atoms with Crippen molar-refractivity contribution in [1.29, 1.82) is 0 Å². The Bertz CT molecular complexity index is 685. The highest BCUT2D eigenvalue weighted by Gasteiger charge is 2.19. The summed E-state index contributed by atoms with van der Waals surface area (Å²) >= 11 is 0. The van der Waals surface area contributed by atoms with Gasteiger partial charge in [0.05, 0.1) is 19.1 Å². The monoisotopic (exact) mass is 327 g/mol. The van der Waals surface area contributed by atoms with Crippen molar-refractivity contribution in [2.75, 3.05) is 6.61 Å². The topological polar surface area (TPSA) is 75.6 Å². The molecule has 1 amide bonds. The number of hydrogen-bond donors (Lipinski definition) is 2. The number of hydrogen-bond acceptors (Lipinski definition) is 3. The molecule has 126 valence electrons. The van der Waals surface area contributed by atoms with Gasteiger partial charge in [-0.2, -0.15) is 0 Å². The summed E-state index contributed by atoms with van der Waals surface area (Å²) < 4.78 is 5.53. The van der Waals surface area contributed by atoms with Gasteiger partial charge in [0.25, 0.3) is 5.91 Å². The summed E-state index contributed by atoms with van der Waals surface area (Å²) in [5.41, 5.74) is 1.20. The van der Waals surface area contributed by atoms with E-state index in [4.69, 9.17) is 9.84 Å². The van der Waals surface area contributed by atoms with Crippen LogP contribution in [-0.4, -0.2) is 23.6 Å². The quantitative estimate of drug-likeness (QED) is 0.779. The van der Waals surface area contributed by atoms with Crippen LogP contribution in [0.2, 0.25) is 0 Å². The van der Waals surface area contributed by atoms with E-state index in [9.17, 15) is 9.59 Å². The van der Waals surface area contributed by atoms with Crippen LogP contribution < -0.4 is 10.1 Å². The largest absolute Gasteiger partial charge is 0.494 e. The lowest BCUT2D eigenvalue weighted by Crippen LogP contribution is -2.30. The Labute approximate surface area is 141 Å². The van der Waals surface area contributed by atoms with E-state index >= 15 is 0 Å². The lowest BCUT2D eigenvalue weighted by Gasteiger charge is -2.17. The summed E-state index contributed by atoms with van der Waals surface area (Å²) in [5.74, 6) is -0.671. The molecule has 5 heteroatoms. The van der Waals surface area contributed by atoms with E-state index in [2.05, 4.69) is 5.32 Å². The Morgan fingerprint density at radius 1 is 1.12 bits per heavy atom. The molecule has 0 bridgehead atoms. The SMILES string of the molecule is CCCOc1cccc(C(=O)NC(CC(=O)O)c2ccccc2)c1. The Morgan fingerprint density at radius 3 is 2.54 bits per heavy atom. The lowest BCUT2D eigenvalue weighted by molar-refractivity contribution is -0.137. The van der Waals surface area contributed by atoms with Crippen LogP contribution in [0, 0.1) is 0 Å². The van der Waals surface area contributed by atoms with E-state index in [0.29, 0.717) is 17.9 Å². The number of carbonyl (C=O) groups excluding carboxylic acids is 1. The minimum Gasteiger partial charge on any atom is -0.494 e. The smallest absolute Gasteiger partial charge is 0.305 e. The normalized spacial score (nSPS) is 11.5. The second-order valence-electron chi connectivity index (χ2n) is 5.41. The number of carboxylic acids is 1. The third kappa shape index (κ3) is 5.12. The summed E-state index contributed by atoms with van der Waals surface area (Å²) in [6.45, 7) is 2.59. The molecule has 0 heterocycles. The molecule has 2 aromatic carbocycles. The van der Waals surface area contributed by atoms with Crippen molar-refractivity contribution in [1.82, 2.24) is 5.32 Å². The fourth-order valence-electron chi connectivity index (χ4n) is 2.30. The maximum Gasteiger partial charge on any atom is 0.305 e. The highest BCUT2D eigenvalue weighted by molar-refractivity contribution is 5.95. The molecule has 0 radical (unpaired) electrons. The number of ether oxygens (including phenoxy) is 1. The predicted octanol–water partition coefficient (Wildman–Crippen LogP) is 3.42. The first kappa shape index (κ1) is 17.5. The zero-order valence-corrected chi connectivity index (χ0v) is 13.6. The van der Waals surface area contributed by atoms with Gasteiger partial charge in [-0.25, -0.2) is 0 Å². The van der Waals surface area contributed by atoms with E-state index in [-0.39, 0.29) is 12.3 Å².